The number of likely N-dealkylation sites (tertiary alicyclic amines) is 1. The Labute approximate surface area is 442 Å². The summed E-state index contributed by atoms with van der Waals surface area (Å²) in [4.78, 5) is 165. The van der Waals surface area contributed by atoms with Gasteiger partial charge >= 0.3 is 11.9 Å². The van der Waals surface area contributed by atoms with Gasteiger partial charge in [-0.15, -0.1) is 0 Å². The summed E-state index contributed by atoms with van der Waals surface area (Å²) in [6.07, 6.45) is -0.910. The van der Waals surface area contributed by atoms with Crippen molar-refractivity contribution in [2.45, 2.75) is 153 Å². The summed E-state index contributed by atoms with van der Waals surface area (Å²) in [6, 6.07) is -6.31. The molecule has 0 unspecified atom stereocenters. The van der Waals surface area contributed by atoms with Crippen LogP contribution >= 0.6 is 0 Å². The number of aliphatic carboxylic acids is 2. The van der Waals surface area contributed by atoms with E-state index in [1.165, 1.54) is 26.4 Å². The molecule has 2 heterocycles. The van der Waals surface area contributed by atoms with Gasteiger partial charge in [-0.1, -0.05) is 44.2 Å². The molecule has 1 aromatic carbocycles. The largest absolute Gasteiger partial charge is 0.481 e. The lowest BCUT2D eigenvalue weighted by Gasteiger charge is -2.32. The molecule has 424 valence electrons. The molecule has 0 bridgehead atoms. The maximum atomic E-state index is 14.3. The molecule has 0 aliphatic carbocycles. The molecule has 11 atom stereocenters. The summed E-state index contributed by atoms with van der Waals surface area (Å²) in [5, 5.41) is 58.8. The van der Waals surface area contributed by atoms with Crippen molar-refractivity contribution in [1.82, 2.24) is 57.4 Å². The molecule has 1 aliphatic heterocycles. The number of amides is 10. The Morgan fingerprint density at radius 2 is 1.22 bits per heavy atom. The zero-order chi connectivity index (χ0) is 57.7. The summed E-state index contributed by atoms with van der Waals surface area (Å²) < 4.78 is 0. The van der Waals surface area contributed by atoms with Crippen LogP contribution in [0.1, 0.15) is 84.4 Å². The van der Waals surface area contributed by atoms with E-state index in [0.717, 1.165) is 11.8 Å². The first-order valence-corrected chi connectivity index (χ1v) is 24.8. The molecule has 3 rings (SSSR count). The highest BCUT2D eigenvalue weighted by molar-refractivity contribution is 5.99. The number of aliphatic hydroxyl groups is 2. The van der Waals surface area contributed by atoms with E-state index < -0.39 is 163 Å². The molecule has 17 N–H and O–H groups in total. The highest BCUT2D eigenvalue weighted by atomic mass is 16.4. The van der Waals surface area contributed by atoms with E-state index in [1.54, 1.807) is 44.2 Å². The van der Waals surface area contributed by atoms with Gasteiger partial charge in [0, 0.05) is 44.1 Å². The summed E-state index contributed by atoms with van der Waals surface area (Å²) in [7, 11) is 0. The van der Waals surface area contributed by atoms with E-state index in [0.29, 0.717) is 11.3 Å². The van der Waals surface area contributed by atoms with Gasteiger partial charge in [0.15, 0.2) is 0 Å². The number of carboxylic acids is 2. The molecule has 1 fully saturated rings. The fraction of sp³-hybridized carbons (Fsp3) is 0.562. The van der Waals surface area contributed by atoms with Gasteiger partial charge in [-0.05, 0) is 57.9 Å². The van der Waals surface area contributed by atoms with Crippen molar-refractivity contribution >= 4 is 71.0 Å². The molecule has 0 saturated carbocycles. The van der Waals surface area contributed by atoms with E-state index in [9.17, 15) is 78.0 Å². The van der Waals surface area contributed by atoms with Crippen LogP contribution in [-0.4, -0.2) is 186 Å². The molecule has 77 heavy (non-hydrogen) atoms. The summed E-state index contributed by atoms with van der Waals surface area (Å²) in [6.45, 7) is 5.92. The number of H-pyrrole nitrogens is 1. The van der Waals surface area contributed by atoms with Crippen LogP contribution in [0.25, 0.3) is 0 Å². The Kier molecular flexibility index (Phi) is 25.0. The Hall–Kier alpha value is -8.05. The third-order valence-corrected chi connectivity index (χ3v) is 12.2. The monoisotopic (exact) mass is 1090 g/mol. The minimum Gasteiger partial charge on any atom is -0.481 e. The Balaban J connectivity index is 1.83. The van der Waals surface area contributed by atoms with Gasteiger partial charge in [0.25, 0.3) is 0 Å². The predicted octanol–water partition coefficient (Wildman–Crippen LogP) is -5.32. The molecule has 0 spiro atoms. The van der Waals surface area contributed by atoms with Gasteiger partial charge in [0.2, 0.25) is 59.1 Å². The smallest absolute Gasteiger partial charge is 0.328 e. The SMILES string of the molecule is CC(C)[C@H](NC(=O)[C@@H]1CCCN1C(=O)[C@@H](NC(=O)[C@H](CCC(=O)O)NC(=O)[C@H](Cc1ccccc1)NC(=O)[C@H](C)NC(=O)[C@H](CCC(N)=O)NC(=O)[C@H](C)N)[C@@H](C)O)C(=O)N[C@@H](Cc1cnc[nH]1)C(=O)N[C@@H](CO)C(=O)O. The topological polar surface area (TPSA) is 466 Å². The lowest BCUT2D eigenvalue weighted by atomic mass is 10.0. The Bertz CT molecular complexity index is 2410. The lowest BCUT2D eigenvalue weighted by molar-refractivity contribution is -0.145. The van der Waals surface area contributed by atoms with Crippen LogP contribution in [0.5, 0.6) is 0 Å². The number of nitrogens with one attached hydrogen (secondary N) is 9. The average molecular weight is 1090 g/mol. The van der Waals surface area contributed by atoms with Gasteiger partial charge in [-0.2, -0.15) is 0 Å². The van der Waals surface area contributed by atoms with Crippen LogP contribution in [0.3, 0.4) is 0 Å². The van der Waals surface area contributed by atoms with Crippen molar-refractivity contribution in [2.75, 3.05) is 13.2 Å². The van der Waals surface area contributed by atoms with Gasteiger partial charge < -0.3 is 84.3 Å². The number of hydrogen-bond donors (Lipinski definition) is 15. The molecule has 10 amide bonds. The second kappa shape index (κ2) is 30.5. The van der Waals surface area contributed by atoms with Crippen LogP contribution < -0.4 is 54.0 Å². The molecule has 1 aromatic heterocycles. The average Bonchev–Trinajstić information content (AvgIpc) is 4.09. The third-order valence-electron chi connectivity index (χ3n) is 12.2. The van der Waals surface area contributed by atoms with Crippen molar-refractivity contribution in [2.24, 2.45) is 17.4 Å². The number of carbonyl (C=O) groups excluding carboxylic acids is 10. The van der Waals surface area contributed by atoms with E-state index in [2.05, 4.69) is 52.5 Å². The number of hydrogen-bond acceptors (Lipinski definition) is 16. The van der Waals surface area contributed by atoms with Crippen LogP contribution in [0.2, 0.25) is 0 Å². The quantitative estimate of drug-likeness (QED) is 0.0335. The van der Waals surface area contributed by atoms with Gasteiger partial charge in [-0.3, -0.25) is 52.7 Å². The minimum atomic E-state index is -1.80. The van der Waals surface area contributed by atoms with Gasteiger partial charge in [0.1, 0.15) is 54.4 Å². The van der Waals surface area contributed by atoms with E-state index >= 15 is 0 Å². The number of nitrogens with zero attached hydrogens (tertiary/aromatic N) is 2. The fourth-order valence-corrected chi connectivity index (χ4v) is 7.86. The van der Waals surface area contributed by atoms with E-state index in [-0.39, 0.29) is 45.1 Å². The van der Waals surface area contributed by atoms with Crippen molar-refractivity contribution < 1.29 is 78.0 Å². The molecule has 1 saturated heterocycles. The number of rotatable bonds is 31. The first-order chi connectivity index (χ1) is 36.2. The number of aliphatic hydroxyl groups excluding tert-OH is 2. The summed E-state index contributed by atoms with van der Waals surface area (Å²) in [5.41, 5.74) is 11.7. The molecule has 29 nitrogen and oxygen atoms in total. The zero-order valence-corrected chi connectivity index (χ0v) is 43.3. The number of aromatic amines is 1. The number of carbonyl (C=O) groups is 12. The number of benzene rings is 1. The highest BCUT2D eigenvalue weighted by Gasteiger charge is 2.42. The first kappa shape index (κ1) is 63.2. The molecule has 1 aliphatic rings. The van der Waals surface area contributed by atoms with Crippen LogP contribution in [0.15, 0.2) is 42.9 Å². The second-order valence-electron chi connectivity index (χ2n) is 18.9. The third kappa shape index (κ3) is 20.2. The Morgan fingerprint density at radius 1 is 0.675 bits per heavy atom. The molecular weight excluding hydrogens is 1010 g/mol. The maximum absolute atomic E-state index is 14.3. The van der Waals surface area contributed by atoms with E-state index in [1.807, 2.05) is 0 Å². The van der Waals surface area contributed by atoms with Crippen molar-refractivity contribution in [3.63, 3.8) is 0 Å². The Morgan fingerprint density at radius 3 is 1.75 bits per heavy atom. The van der Waals surface area contributed by atoms with E-state index in [4.69, 9.17) is 11.5 Å². The second-order valence-corrected chi connectivity index (χ2v) is 18.9. The van der Waals surface area contributed by atoms with Crippen LogP contribution in [0.4, 0.5) is 0 Å². The number of carboxylic acid groups (broad SMARTS) is 2. The van der Waals surface area contributed by atoms with Gasteiger partial charge in [0.05, 0.1) is 25.1 Å². The van der Waals surface area contributed by atoms with Crippen molar-refractivity contribution in [3.8, 4) is 0 Å². The zero-order valence-electron chi connectivity index (χ0n) is 43.3. The number of primary amides is 1. The molecule has 0 radical (unpaired) electrons. The normalized spacial score (nSPS) is 17.0. The summed E-state index contributed by atoms with van der Waals surface area (Å²) >= 11 is 0. The molecular formula is C48H71N13O16. The van der Waals surface area contributed by atoms with Gasteiger partial charge in [-0.25, -0.2) is 9.78 Å². The number of nitrogens with two attached hydrogens (primary N) is 2. The summed E-state index contributed by atoms with van der Waals surface area (Å²) in [5.74, 6) is -12.7. The lowest BCUT2D eigenvalue weighted by Crippen LogP contribution is -2.62. The minimum absolute atomic E-state index is 0.0567. The highest BCUT2D eigenvalue weighted by Crippen LogP contribution is 2.21. The standard InChI is InChI=1S/C48H71N13O16/c1-23(2)37(46(74)57-32(19-28-20-51-22-52-28)44(72)58-33(21-62)48(76)77)59-45(73)34-12-9-17-61(34)47(75)38(26(5)63)60-42(70)30(14-16-36(65)66)55-43(71)31(18-27-10-7-6-8-11-27)56-40(68)25(4)53-41(69)29(13-15-35(50)64)54-39(67)24(3)49/h6-8,10-11,20,22-26,29-34,37-38,62-63H,9,12-19,21,49H2,1-5H3,(H2,50,64)(H,51,52)(H,53,69)(H,54,67)(H,55,71)(H,56,68)(H,57,74)(H,58,72)(H,59,73)(H,60,70)(H,65,66)(H,76,77)/t24-,25-,26+,29-,30-,31-,32-,33-,34-,37-,38-/m0/s1. The number of imidazole rings is 1. The van der Waals surface area contributed by atoms with Crippen LogP contribution in [0, 0.1) is 5.92 Å². The molecule has 2 aromatic rings. The predicted molar refractivity (Wildman–Crippen MR) is 268 cm³/mol. The van der Waals surface area contributed by atoms with Crippen LogP contribution in [-0.2, 0) is 70.4 Å². The van der Waals surface area contributed by atoms with Crippen molar-refractivity contribution in [3.05, 3.63) is 54.1 Å². The van der Waals surface area contributed by atoms with Crippen molar-refractivity contribution in [1.29, 1.82) is 0 Å². The first-order valence-electron chi connectivity index (χ1n) is 24.8. The number of aromatic nitrogens is 2. The molecule has 29 heteroatoms. The fourth-order valence-electron chi connectivity index (χ4n) is 7.86. The maximum Gasteiger partial charge on any atom is 0.328 e.